The summed E-state index contributed by atoms with van der Waals surface area (Å²) < 4.78 is 5.12. The minimum absolute atomic E-state index is 0.0144. The van der Waals surface area contributed by atoms with Gasteiger partial charge in [0.15, 0.2) is 0 Å². The molecule has 1 fully saturated rings. The fraction of sp³-hybridized carbons (Fsp3) is 0.500. The van der Waals surface area contributed by atoms with Crippen LogP contribution in [0.2, 0.25) is 0 Å². The van der Waals surface area contributed by atoms with Gasteiger partial charge in [0.25, 0.3) is 0 Å². The Bertz CT molecular complexity index is 844. The number of aryl methyl sites for hydroxylation is 3. The third kappa shape index (κ3) is 4.50. The Morgan fingerprint density at radius 2 is 2.00 bits per heavy atom. The van der Waals surface area contributed by atoms with Crippen LogP contribution in [0.5, 0.6) is 0 Å². The molecular weight excluding hydrogens is 372 g/mol. The monoisotopic (exact) mass is 400 g/mol. The lowest BCUT2D eigenvalue weighted by atomic mass is 9.73. The first-order valence-corrected chi connectivity index (χ1v) is 9.98. The van der Waals surface area contributed by atoms with Gasteiger partial charge in [-0.15, -0.1) is 0 Å². The predicted molar refractivity (Wildman–Crippen MR) is 106 cm³/mol. The first-order chi connectivity index (χ1) is 13.8. The Morgan fingerprint density at radius 1 is 1.28 bits per heavy atom. The molecule has 1 aliphatic rings. The number of benzene rings is 1. The first kappa shape index (κ1) is 21.0. The summed E-state index contributed by atoms with van der Waals surface area (Å²) in [5.74, 6) is -0.617. The number of carbonyl (C=O) groups is 2. The summed E-state index contributed by atoms with van der Waals surface area (Å²) in [5, 5.41) is 24.4. The number of carbonyl (C=O) groups excluding carboxylic acids is 1. The first-order valence-electron chi connectivity index (χ1n) is 9.98. The van der Waals surface area contributed by atoms with Crippen molar-refractivity contribution >= 4 is 11.9 Å². The molecule has 7 heteroatoms. The Kier molecular flexibility index (Phi) is 6.37. The van der Waals surface area contributed by atoms with Crippen molar-refractivity contribution < 1.29 is 24.3 Å². The Labute approximate surface area is 170 Å². The third-order valence-electron chi connectivity index (χ3n) is 6.00. The maximum atomic E-state index is 12.9. The Morgan fingerprint density at radius 3 is 2.62 bits per heavy atom. The molecule has 1 aliphatic heterocycles. The molecule has 2 atom stereocenters. The van der Waals surface area contributed by atoms with E-state index in [9.17, 15) is 19.8 Å². The average molecular weight is 400 g/mol. The number of piperidine rings is 1. The molecule has 0 unspecified atom stereocenters. The van der Waals surface area contributed by atoms with Crippen molar-refractivity contribution in [1.29, 1.82) is 0 Å². The molecule has 1 amide bonds. The number of carboxylic acid groups (broad SMARTS) is 1. The van der Waals surface area contributed by atoms with E-state index >= 15 is 0 Å². The van der Waals surface area contributed by atoms with Crippen molar-refractivity contribution in [1.82, 2.24) is 10.1 Å². The number of aliphatic hydroxyl groups is 1. The number of likely N-dealkylation sites (tertiary alicyclic amines) is 1. The van der Waals surface area contributed by atoms with Gasteiger partial charge in [0, 0.05) is 18.7 Å². The average Bonchev–Trinajstić information content (AvgIpc) is 3.02. The van der Waals surface area contributed by atoms with Crippen LogP contribution in [0.4, 0.5) is 0 Å². The lowest BCUT2D eigenvalue weighted by Crippen LogP contribution is -2.57. The quantitative estimate of drug-likeness (QED) is 0.740. The molecule has 1 aromatic carbocycles. The maximum Gasteiger partial charge on any atom is 0.314 e. The molecule has 0 aliphatic carbocycles. The van der Waals surface area contributed by atoms with Gasteiger partial charge in [-0.1, -0.05) is 35.5 Å². The molecule has 156 valence electrons. The van der Waals surface area contributed by atoms with E-state index in [1.165, 1.54) is 0 Å². The number of carboxylic acids is 1. The molecule has 29 heavy (non-hydrogen) atoms. The molecule has 0 radical (unpaired) electrons. The van der Waals surface area contributed by atoms with E-state index in [2.05, 4.69) is 5.16 Å². The highest BCUT2D eigenvalue weighted by Crippen LogP contribution is 2.36. The minimum atomic E-state index is -1.35. The van der Waals surface area contributed by atoms with Gasteiger partial charge in [-0.05, 0) is 45.1 Å². The topological polar surface area (TPSA) is 104 Å². The normalized spacial score (nSPS) is 21.9. The number of hydrogen-bond acceptors (Lipinski definition) is 5. The summed E-state index contributed by atoms with van der Waals surface area (Å²) in [6.07, 6.45) is 1.07. The summed E-state index contributed by atoms with van der Waals surface area (Å²) in [5.41, 5.74) is 1.19. The second kappa shape index (κ2) is 8.78. The molecular formula is C22H28N2O5. The number of nitrogens with zero attached hydrogens (tertiary/aromatic N) is 2. The molecule has 7 nitrogen and oxygen atoms in total. The van der Waals surface area contributed by atoms with Crippen LogP contribution in [-0.2, 0) is 22.4 Å². The molecule has 2 N–H and O–H groups in total. The Balaban J connectivity index is 1.70. The van der Waals surface area contributed by atoms with Gasteiger partial charge in [-0.25, -0.2) is 0 Å². The minimum Gasteiger partial charge on any atom is -0.481 e. The van der Waals surface area contributed by atoms with Crippen LogP contribution < -0.4 is 0 Å². The van der Waals surface area contributed by atoms with Crippen LogP contribution in [0.15, 0.2) is 34.9 Å². The zero-order chi connectivity index (χ0) is 21.0. The van der Waals surface area contributed by atoms with Crippen molar-refractivity contribution in [2.24, 2.45) is 5.41 Å². The number of rotatable bonds is 7. The number of hydrogen-bond donors (Lipinski definition) is 2. The second-order valence-electron chi connectivity index (χ2n) is 7.90. The third-order valence-corrected chi connectivity index (χ3v) is 6.00. The SMILES string of the molecule is Cc1noc(C)c1CC(=O)N1CC[C@H](O)[C@](CCCc2ccccc2)(C(=O)O)C1. The van der Waals surface area contributed by atoms with Crippen molar-refractivity contribution in [3.63, 3.8) is 0 Å². The highest BCUT2D eigenvalue weighted by Gasteiger charge is 2.49. The molecule has 0 saturated carbocycles. The van der Waals surface area contributed by atoms with Gasteiger partial charge in [-0.2, -0.15) is 0 Å². The number of aromatic nitrogens is 1. The highest BCUT2D eigenvalue weighted by atomic mass is 16.5. The molecule has 0 spiro atoms. The fourth-order valence-corrected chi connectivity index (χ4v) is 4.13. The van der Waals surface area contributed by atoms with Crippen molar-refractivity contribution in [3.8, 4) is 0 Å². The summed E-state index contributed by atoms with van der Waals surface area (Å²) >= 11 is 0. The van der Waals surface area contributed by atoms with E-state index in [-0.39, 0.29) is 25.3 Å². The summed E-state index contributed by atoms with van der Waals surface area (Å²) in [4.78, 5) is 26.6. The highest BCUT2D eigenvalue weighted by molar-refractivity contribution is 5.82. The zero-order valence-electron chi connectivity index (χ0n) is 16.9. The van der Waals surface area contributed by atoms with Crippen LogP contribution in [-0.4, -0.2) is 51.3 Å². The van der Waals surface area contributed by atoms with Crippen molar-refractivity contribution in [2.75, 3.05) is 13.1 Å². The van der Waals surface area contributed by atoms with Crippen LogP contribution >= 0.6 is 0 Å². The number of aliphatic carboxylic acids is 1. The van der Waals surface area contributed by atoms with E-state index in [1.807, 2.05) is 30.3 Å². The van der Waals surface area contributed by atoms with Crippen molar-refractivity contribution in [3.05, 3.63) is 52.9 Å². The van der Waals surface area contributed by atoms with Crippen LogP contribution in [0.1, 0.15) is 41.8 Å². The van der Waals surface area contributed by atoms with E-state index < -0.39 is 17.5 Å². The molecule has 1 aromatic heterocycles. The number of amides is 1. The zero-order valence-corrected chi connectivity index (χ0v) is 16.9. The van der Waals surface area contributed by atoms with Crippen molar-refractivity contribution in [2.45, 2.75) is 52.1 Å². The van der Waals surface area contributed by atoms with Gasteiger partial charge < -0.3 is 19.6 Å². The molecule has 3 rings (SSSR count). The number of aliphatic hydroxyl groups excluding tert-OH is 1. The molecule has 0 bridgehead atoms. The molecule has 1 saturated heterocycles. The maximum absolute atomic E-state index is 12.9. The largest absolute Gasteiger partial charge is 0.481 e. The summed E-state index contributed by atoms with van der Waals surface area (Å²) in [7, 11) is 0. The van der Waals surface area contributed by atoms with Crippen LogP contribution in [0, 0.1) is 19.3 Å². The van der Waals surface area contributed by atoms with E-state index in [0.717, 1.165) is 17.5 Å². The summed E-state index contributed by atoms with van der Waals surface area (Å²) in [6, 6.07) is 9.85. The van der Waals surface area contributed by atoms with Crippen LogP contribution in [0.3, 0.4) is 0 Å². The smallest absolute Gasteiger partial charge is 0.314 e. The van der Waals surface area contributed by atoms with E-state index in [0.29, 0.717) is 30.8 Å². The fourth-order valence-electron chi connectivity index (χ4n) is 4.13. The van der Waals surface area contributed by atoms with Gasteiger partial charge in [0.05, 0.1) is 18.2 Å². The van der Waals surface area contributed by atoms with Gasteiger partial charge in [0.1, 0.15) is 11.2 Å². The van der Waals surface area contributed by atoms with E-state index in [4.69, 9.17) is 4.52 Å². The Hall–Kier alpha value is -2.67. The van der Waals surface area contributed by atoms with Crippen LogP contribution in [0.25, 0.3) is 0 Å². The molecule has 2 heterocycles. The lowest BCUT2D eigenvalue weighted by molar-refractivity contribution is -0.166. The van der Waals surface area contributed by atoms with Gasteiger partial charge in [-0.3, -0.25) is 9.59 Å². The molecule has 2 aromatic rings. The second-order valence-corrected chi connectivity index (χ2v) is 7.90. The van der Waals surface area contributed by atoms with E-state index in [1.54, 1.807) is 18.7 Å². The van der Waals surface area contributed by atoms with Gasteiger partial charge >= 0.3 is 5.97 Å². The predicted octanol–water partition coefficient (Wildman–Crippen LogP) is 2.52. The summed E-state index contributed by atoms with van der Waals surface area (Å²) in [6.45, 7) is 3.90. The van der Waals surface area contributed by atoms with Gasteiger partial charge in [0.2, 0.25) is 5.91 Å². The lowest BCUT2D eigenvalue weighted by Gasteiger charge is -2.43. The standard InChI is InChI=1S/C22H28N2O5/c1-15-18(16(2)29-23-15)13-20(26)24-12-10-19(25)22(14-24,21(27)28)11-6-9-17-7-4-3-5-8-17/h3-5,7-8,19,25H,6,9-14H2,1-2H3,(H,27,28)/t19-,22+/m0/s1.